The van der Waals surface area contributed by atoms with E-state index in [1.807, 2.05) is 13.0 Å². The van der Waals surface area contributed by atoms with E-state index < -0.39 is 17.8 Å². The number of ether oxygens (including phenoxy) is 2. The molecule has 1 aliphatic heterocycles. The molecule has 0 aromatic heterocycles. The first-order valence-corrected chi connectivity index (χ1v) is 10.0. The molecule has 0 fully saturated rings. The van der Waals surface area contributed by atoms with E-state index in [4.69, 9.17) is 9.47 Å². The third-order valence-electron chi connectivity index (χ3n) is 4.15. The van der Waals surface area contributed by atoms with Crippen LogP contribution in [0.5, 0.6) is 5.75 Å². The Morgan fingerprint density at radius 1 is 1.17 bits per heavy atom. The number of benzene rings is 1. The highest BCUT2D eigenvalue weighted by Crippen LogP contribution is 2.33. The lowest BCUT2D eigenvalue weighted by molar-refractivity contribution is -0.128. The molecule has 3 amide bonds. The zero-order chi connectivity index (χ0) is 21.4. The van der Waals surface area contributed by atoms with Crippen molar-refractivity contribution in [2.75, 3.05) is 24.5 Å². The summed E-state index contributed by atoms with van der Waals surface area (Å²) in [5.74, 6) is 0.154. The van der Waals surface area contributed by atoms with E-state index in [-0.39, 0.29) is 24.8 Å². The third-order valence-corrected chi connectivity index (χ3v) is 4.15. The fraction of sp³-hybridized carbons (Fsp3) is 0.571. The van der Waals surface area contributed by atoms with Crippen molar-refractivity contribution in [2.45, 2.75) is 58.7 Å². The van der Waals surface area contributed by atoms with Crippen LogP contribution in [0.3, 0.4) is 0 Å². The molecule has 0 radical (unpaired) electrons. The highest BCUT2D eigenvalue weighted by molar-refractivity contribution is 5.97. The van der Waals surface area contributed by atoms with Crippen LogP contribution in [0, 0.1) is 0 Å². The van der Waals surface area contributed by atoms with E-state index >= 15 is 0 Å². The zero-order valence-corrected chi connectivity index (χ0v) is 17.6. The lowest BCUT2D eigenvalue weighted by Gasteiger charge is -2.34. The van der Waals surface area contributed by atoms with Crippen molar-refractivity contribution in [1.82, 2.24) is 10.6 Å². The number of rotatable bonds is 7. The van der Waals surface area contributed by atoms with Crippen LogP contribution in [-0.2, 0) is 14.3 Å². The van der Waals surface area contributed by atoms with Crippen molar-refractivity contribution in [1.29, 1.82) is 0 Å². The average Bonchev–Trinajstić information content (AvgIpc) is 2.67. The fourth-order valence-electron chi connectivity index (χ4n) is 2.85. The first kappa shape index (κ1) is 22.5. The van der Waals surface area contributed by atoms with Crippen molar-refractivity contribution in [3.05, 3.63) is 24.3 Å². The molecule has 0 saturated heterocycles. The van der Waals surface area contributed by atoms with Gasteiger partial charge in [-0.25, -0.2) is 4.79 Å². The lowest BCUT2D eigenvalue weighted by atomic mass is 10.1. The van der Waals surface area contributed by atoms with Gasteiger partial charge in [-0.2, -0.15) is 0 Å². The Labute approximate surface area is 171 Å². The highest BCUT2D eigenvalue weighted by Gasteiger charge is 2.33. The van der Waals surface area contributed by atoms with Gasteiger partial charge in [-0.3, -0.25) is 9.59 Å². The summed E-state index contributed by atoms with van der Waals surface area (Å²) in [4.78, 5) is 38.4. The lowest BCUT2D eigenvalue weighted by Crippen LogP contribution is -2.51. The maximum Gasteiger partial charge on any atom is 0.407 e. The van der Waals surface area contributed by atoms with Gasteiger partial charge in [0.25, 0.3) is 5.91 Å². The average molecular weight is 405 g/mol. The molecule has 2 rings (SSSR count). The Bertz CT molecular complexity index is 729. The number of para-hydroxylation sites is 2. The Morgan fingerprint density at radius 2 is 1.90 bits per heavy atom. The van der Waals surface area contributed by atoms with Gasteiger partial charge in [0.05, 0.1) is 12.2 Å². The Balaban J connectivity index is 1.93. The summed E-state index contributed by atoms with van der Waals surface area (Å²) >= 11 is 0. The molecule has 0 bridgehead atoms. The van der Waals surface area contributed by atoms with Crippen LogP contribution < -0.4 is 20.3 Å². The smallest absolute Gasteiger partial charge is 0.407 e. The number of nitrogens with one attached hydrogen (secondary N) is 2. The van der Waals surface area contributed by atoms with Crippen LogP contribution in [0.25, 0.3) is 0 Å². The van der Waals surface area contributed by atoms with Crippen molar-refractivity contribution in [3.63, 3.8) is 0 Å². The normalized spacial score (nSPS) is 15.7. The molecule has 160 valence electrons. The second-order valence-corrected chi connectivity index (χ2v) is 7.90. The summed E-state index contributed by atoms with van der Waals surface area (Å²) in [5, 5.41) is 5.46. The SMILES string of the molecule is CCCNC(=O)[C@@H]1CN(C(=O)CCCNC(=O)OC(C)(C)C)c2ccccc2O1. The van der Waals surface area contributed by atoms with Gasteiger partial charge in [0.15, 0.2) is 6.10 Å². The standard InChI is InChI=1S/C21H31N3O5/c1-5-12-22-19(26)17-14-24(15-9-6-7-10-16(15)28-17)18(25)11-8-13-23-20(27)29-21(2,3)4/h6-7,9-10,17H,5,8,11-14H2,1-4H3,(H,22,26)(H,23,27)/t17-/m0/s1. The molecule has 1 atom stereocenters. The van der Waals surface area contributed by atoms with Crippen LogP contribution in [0.15, 0.2) is 24.3 Å². The predicted octanol–water partition coefficient (Wildman–Crippen LogP) is 2.61. The largest absolute Gasteiger partial charge is 0.477 e. The number of alkyl carbamates (subject to hydrolysis) is 1. The highest BCUT2D eigenvalue weighted by atomic mass is 16.6. The number of nitrogens with zero attached hydrogens (tertiary/aromatic N) is 1. The molecule has 29 heavy (non-hydrogen) atoms. The molecule has 2 N–H and O–H groups in total. The maximum atomic E-state index is 12.8. The summed E-state index contributed by atoms with van der Waals surface area (Å²) < 4.78 is 11.0. The van der Waals surface area contributed by atoms with Gasteiger partial charge in [-0.05, 0) is 45.7 Å². The van der Waals surface area contributed by atoms with E-state index in [0.29, 0.717) is 30.9 Å². The number of anilines is 1. The van der Waals surface area contributed by atoms with Crippen LogP contribution >= 0.6 is 0 Å². The molecule has 0 aliphatic carbocycles. The predicted molar refractivity (Wildman–Crippen MR) is 110 cm³/mol. The van der Waals surface area contributed by atoms with Gasteiger partial charge in [-0.15, -0.1) is 0 Å². The van der Waals surface area contributed by atoms with Crippen LogP contribution in [0.2, 0.25) is 0 Å². The molecule has 8 heteroatoms. The Morgan fingerprint density at radius 3 is 2.59 bits per heavy atom. The second-order valence-electron chi connectivity index (χ2n) is 7.90. The summed E-state index contributed by atoms with van der Waals surface area (Å²) in [5.41, 5.74) is 0.0854. The van der Waals surface area contributed by atoms with Crippen molar-refractivity contribution < 1.29 is 23.9 Å². The number of amides is 3. The molecule has 1 aromatic rings. The van der Waals surface area contributed by atoms with E-state index in [0.717, 1.165) is 6.42 Å². The van der Waals surface area contributed by atoms with Crippen LogP contribution in [-0.4, -0.2) is 49.2 Å². The Hall–Kier alpha value is -2.77. The molecular formula is C21H31N3O5. The molecule has 1 aromatic carbocycles. The minimum atomic E-state index is -0.750. The third kappa shape index (κ3) is 6.96. The number of fused-ring (bicyclic) bond motifs is 1. The molecular weight excluding hydrogens is 374 g/mol. The fourth-order valence-corrected chi connectivity index (χ4v) is 2.85. The number of hydrogen-bond donors (Lipinski definition) is 2. The van der Waals surface area contributed by atoms with Gasteiger partial charge >= 0.3 is 6.09 Å². The molecule has 0 spiro atoms. The number of carbonyl (C=O) groups is 3. The summed E-state index contributed by atoms with van der Waals surface area (Å²) in [6.07, 6.45) is 0.259. The molecule has 8 nitrogen and oxygen atoms in total. The second kappa shape index (κ2) is 10.1. The minimum Gasteiger partial charge on any atom is -0.477 e. The van der Waals surface area contributed by atoms with Gasteiger partial charge in [-0.1, -0.05) is 19.1 Å². The van der Waals surface area contributed by atoms with Crippen LogP contribution in [0.1, 0.15) is 47.0 Å². The van der Waals surface area contributed by atoms with Crippen molar-refractivity contribution in [3.8, 4) is 5.75 Å². The molecule has 1 aliphatic rings. The molecule has 0 unspecified atom stereocenters. The van der Waals surface area contributed by atoms with Gasteiger partial charge < -0.3 is 25.0 Å². The van der Waals surface area contributed by atoms with Gasteiger partial charge in [0, 0.05) is 19.5 Å². The first-order valence-electron chi connectivity index (χ1n) is 10.0. The van der Waals surface area contributed by atoms with E-state index in [1.165, 1.54) is 0 Å². The monoisotopic (exact) mass is 405 g/mol. The van der Waals surface area contributed by atoms with Crippen LogP contribution in [0.4, 0.5) is 10.5 Å². The Kier molecular flexibility index (Phi) is 7.87. The van der Waals surface area contributed by atoms with Crippen molar-refractivity contribution >= 4 is 23.6 Å². The molecule has 0 saturated carbocycles. The van der Waals surface area contributed by atoms with Gasteiger partial charge in [0.2, 0.25) is 5.91 Å². The number of carbonyl (C=O) groups excluding carboxylic acids is 3. The van der Waals surface area contributed by atoms with E-state index in [1.54, 1.807) is 43.9 Å². The van der Waals surface area contributed by atoms with Gasteiger partial charge in [0.1, 0.15) is 11.4 Å². The summed E-state index contributed by atoms with van der Waals surface area (Å²) in [7, 11) is 0. The maximum absolute atomic E-state index is 12.8. The van der Waals surface area contributed by atoms with Crippen molar-refractivity contribution in [2.24, 2.45) is 0 Å². The van der Waals surface area contributed by atoms with E-state index in [2.05, 4.69) is 10.6 Å². The van der Waals surface area contributed by atoms with E-state index in [9.17, 15) is 14.4 Å². The summed E-state index contributed by atoms with van der Waals surface area (Å²) in [6, 6.07) is 7.17. The quantitative estimate of drug-likeness (QED) is 0.680. The summed E-state index contributed by atoms with van der Waals surface area (Å²) in [6.45, 7) is 8.39. The minimum absolute atomic E-state index is 0.125. The number of hydrogen-bond acceptors (Lipinski definition) is 5. The molecule has 1 heterocycles. The first-order chi connectivity index (χ1) is 13.7. The topological polar surface area (TPSA) is 97.0 Å². The zero-order valence-electron chi connectivity index (χ0n) is 17.6.